The summed E-state index contributed by atoms with van der Waals surface area (Å²) in [7, 11) is 3.54. The van der Waals surface area contributed by atoms with Crippen LogP contribution >= 0.6 is 11.8 Å². The lowest BCUT2D eigenvalue weighted by atomic mass is 10.0. The van der Waals surface area contributed by atoms with Gasteiger partial charge in [0.1, 0.15) is 5.75 Å². The van der Waals surface area contributed by atoms with Crippen LogP contribution in [0.15, 0.2) is 24.3 Å². The fourth-order valence-electron chi connectivity index (χ4n) is 2.71. The molecule has 2 rings (SSSR count). The van der Waals surface area contributed by atoms with Gasteiger partial charge in [0.25, 0.3) is 0 Å². The maximum atomic E-state index is 12.3. The van der Waals surface area contributed by atoms with Crippen molar-refractivity contribution in [3.8, 4) is 5.75 Å². The van der Waals surface area contributed by atoms with Crippen LogP contribution in [-0.4, -0.2) is 36.0 Å². The van der Waals surface area contributed by atoms with Gasteiger partial charge < -0.3 is 9.64 Å². The summed E-state index contributed by atoms with van der Waals surface area (Å²) in [6.07, 6.45) is 6.55. The average molecular weight is 307 g/mol. The summed E-state index contributed by atoms with van der Waals surface area (Å²) in [4.78, 5) is 14.1. The molecular formula is C17H25NO2S. The van der Waals surface area contributed by atoms with Crippen LogP contribution in [0.4, 0.5) is 0 Å². The molecule has 0 spiro atoms. The van der Waals surface area contributed by atoms with E-state index in [0.717, 1.165) is 11.3 Å². The van der Waals surface area contributed by atoms with Gasteiger partial charge in [-0.05, 0) is 18.9 Å². The summed E-state index contributed by atoms with van der Waals surface area (Å²) in [6, 6.07) is 7.87. The number of carbonyl (C=O) groups is 1. The van der Waals surface area contributed by atoms with Gasteiger partial charge in [-0.3, -0.25) is 4.79 Å². The molecule has 0 aliphatic heterocycles. The molecule has 116 valence electrons. The van der Waals surface area contributed by atoms with Gasteiger partial charge in [-0.25, -0.2) is 0 Å². The smallest absolute Gasteiger partial charge is 0.232 e. The second-order valence-electron chi connectivity index (χ2n) is 5.63. The topological polar surface area (TPSA) is 29.5 Å². The van der Waals surface area contributed by atoms with E-state index in [0.29, 0.717) is 17.5 Å². The third kappa shape index (κ3) is 4.95. The molecule has 3 nitrogen and oxygen atoms in total. The molecule has 0 unspecified atom stereocenters. The van der Waals surface area contributed by atoms with E-state index in [1.54, 1.807) is 12.0 Å². The van der Waals surface area contributed by atoms with Gasteiger partial charge >= 0.3 is 0 Å². The predicted molar refractivity (Wildman–Crippen MR) is 88.8 cm³/mol. The molecule has 1 aromatic carbocycles. The van der Waals surface area contributed by atoms with Gasteiger partial charge in [-0.1, -0.05) is 37.5 Å². The third-order valence-corrected chi connectivity index (χ3v) is 5.38. The summed E-state index contributed by atoms with van der Waals surface area (Å²) in [5, 5.41) is 0.683. The molecule has 1 amide bonds. The number of rotatable bonds is 6. The summed E-state index contributed by atoms with van der Waals surface area (Å²) in [6.45, 7) is 0.605. The average Bonchev–Trinajstić information content (AvgIpc) is 2.54. The van der Waals surface area contributed by atoms with E-state index in [2.05, 4.69) is 0 Å². The first kappa shape index (κ1) is 16.2. The molecular weight excluding hydrogens is 282 g/mol. The second-order valence-corrected chi connectivity index (χ2v) is 6.92. The van der Waals surface area contributed by atoms with Gasteiger partial charge in [-0.15, -0.1) is 11.8 Å². The second kappa shape index (κ2) is 8.32. The lowest BCUT2D eigenvalue weighted by Crippen LogP contribution is -2.29. The Bertz CT molecular complexity index is 458. The molecule has 21 heavy (non-hydrogen) atoms. The Balaban J connectivity index is 1.81. The Morgan fingerprint density at radius 2 is 2.00 bits per heavy atom. The van der Waals surface area contributed by atoms with Crippen molar-refractivity contribution in [2.24, 2.45) is 0 Å². The number of benzene rings is 1. The van der Waals surface area contributed by atoms with Crippen molar-refractivity contribution >= 4 is 17.7 Å². The lowest BCUT2D eigenvalue weighted by Gasteiger charge is -2.23. The van der Waals surface area contributed by atoms with Gasteiger partial charge in [0, 0.05) is 24.4 Å². The zero-order valence-electron chi connectivity index (χ0n) is 13.0. The number of carbonyl (C=O) groups excluding carboxylic acids is 1. The van der Waals surface area contributed by atoms with Crippen LogP contribution in [0.2, 0.25) is 0 Å². The standard InChI is InChI=1S/C17H25NO2S/c1-18(12-14-8-6-7-11-16(14)20-2)17(19)13-21-15-9-4-3-5-10-15/h6-8,11,15H,3-5,9-10,12-13H2,1-2H3. The highest BCUT2D eigenvalue weighted by atomic mass is 32.2. The van der Waals surface area contributed by atoms with Crippen molar-refractivity contribution < 1.29 is 9.53 Å². The Labute approximate surface area is 132 Å². The summed E-state index contributed by atoms with van der Waals surface area (Å²) >= 11 is 1.83. The molecule has 4 heteroatoms. The largest absolute Gasteiger partial charge is 0.496 e. The monoisotopic (exact) mass is 307 g/mol. The summed E-state index contributed by atoms with van der Waals surface area (Å²) in [5.41, 5.74) is 1.05. The fraction of sp³-hybridized carbons (Fsp3) is 0.588. The zero-order chi connectivity index (χ0) is 15.1. The van der Waals surface area contributed by atoms with Crippen LogP contribution in [0.25, 0.3) is 0 Å². The molecule has 0 bridgehead atoms. The number of hydrogen-bond acceptors (Lipinski definition) is 3. The van der Waals surface area contributed by atoms with Gasteiger partial charge in [0.05, 0.1) is 12.9 Å². The number of methoxy groups -OCH3 is 1. The minimum Gasteiger partial charge on any atom is -0.496 e. The first-order valence-electron chi connectivity index (χ1n) is 7.68. The van der Waals surface area contributed by atoms with Crippen LogP contribution in [0, 0.1) is 0 Å². The molecule has 0 saturated heterocycles. The van der Waals surface area contributed by atoms with Crippen molar-refractivity contribution in [3.63, 3.8) is 0 Å². The van der Waals surface area contributed by atoms with Crippen LogP contribution in [-0.2, 0) is 11.3 Å². The van der Waals surface area contributed by atoms with E-state index in [-0.39, 0.29) is 5.91 Å². The van der Waals surface area contributed by atoms with Gasteiger partial charge in [0.2, 0.25) is 5.91 Å². The summed E-state index contributed by atoms with van der Waals surface area (Å²) < 4.78 is 5.34. The fourth-order valence-corrected chi connectivity index (χ4v) is 3.97. The number of para-hydroxylation sites is 1. The van der Waals surface area contributed by atoms with E-state index in [1.165, 1.54) is 32.1 Å². The Hall–Kier alpha value is -1.16. The molecule has 0 N–H and O–H groups in total. The molecule has 0 aromatic heterocycles. The van der Waals surface area contributed by atoms with Gasteiger partial charge in [-0.2, -0.15) is 0 Å². The van der Waals surface area contributed by atoms with E-state index < -0.39 is 0 Å². The highest BCUT2D eigenvalue weighted by molar-refractivity contribution is 8.00. The first-order chi connectivity index (χ1) is 10.2. The van der Waals surface area contributed by atoms with Crippen LogP contribution in [0.3, 0.4) is 0 Å². The summed E-state index contributed by atoms with van der Waals surface area (Å²) in [5.74, 6) is 1.64. The highest BCUT2D eigenvalue weighted by Crippen LogP contribution is 2.28. The molecule has 1 saturated carbocycles. The van der Waals surface area contributed by atoms with Crippen molar-refractivity contribution in [2.45, 2.75) is 43.9 Å². The van der Waals surface area contributed by atoms with Crippen LogP contribution in [0.1, 0.15) is 37.7 Å². The van der Waals surface area contributed by atoms with Gasteiger partial charge in [0.15, 0.2) is 0 Å². The maximum absolute atomic E-state index is 12.3. The molecule has 1 aromatic rings. The number of nitrogens with zero attached hydrogens (tertiary/aromatic N) is 1. The van der Waals surface area contributed by atoms with Crippen molar-refractivity contribution in [3.05, 3.63) is 29.8 Å². The highest BCUT2D eigenvalue weighted by Gasteiger charge is 2.17. The Morgan fingerprint density at radius 1 is 1.29 bits per heavy atom. The molecule has 0 heterocycles. The molecule has 1 fully saturated rings. The number of hydrogen-bond donors (Lipinski definition) is 0. The maximum Gasteiger partial charge on any atom is 0.232 e. The van der Waals surface area contributed by atoms with Crippen molar-refractivity contribution in [1.82, 2.24) is 4.90 Å². The Morgan fingerprint density at radius 3 is 2.71 bits per heavy atom. The number of amides is 1. The zero-order valence-corrected chi connectivity index (χ0v) is 13.8. The minimum atomic E-state index is 0.205. The lowest BCUT2D eigenvalue weighted by molar-refractivity contribution is -0.127. The van der Waals surface area contributed by atoms with E-state index in [9.17, 15) is 4.79 Å². The Kier molecular flexibility index (Phi) is 6.43. The first-order valence-corrected chi connectivity index (χ1v) is 8.73. The van der Waals surface area contributed by atoms with Crippen molar-refractivity contribution in [2.75, 3.05) is 19.9 Å². The molecule has 0 atom stereocenters. The van der Waals surface area contributed by atoms with E-state index >= 15 is 0 Å². The quantitative estimate of drug-likeness (QED) is 0.802. The molecule has 1 aliphatic rings. The molecule has 1 aliphatic carbocycles. The SMILES string of the molecule is COc1ccccc1CN(C)C(=O)CSC1CCCCC1. The van der Waals surface area contributed by atoms with E-state index in [1.807, 2.05) is 43.1 Å². The van der Waals surface area contributed by atoms with Crippen LogP contribution < -0.4 is 4.74 Å². The predicted octanol–water partition coefficient (Wildman–Crippen LogP) is 3.72. The van der Waals surface area contributed by atoms with E-state index in [4.69, 9.17) is 4.74 Å². The number of ether oxygens (including phenoxy) is 1. The van der Waals surface area contributed by atoms with Crippen LogP contribution in [0.5, 0.6) is 5.75 Å². The number of thioether (sulfide) groups is 1. The molecule has 0 radical (unpaired) electrons. The normalized spacial score (nSPS) is 15.7. The van der Waals surface area contributed by atoms with Crippen molar-refractivity contribution in [1.29, 1.82) is 0 Å². The third-order valence-electron chi connectivity index (χ3n) is 4.02. The minimum absolute atomic E-state index is 0.205.